The average Bonchev–Trinajstić information content (AvgIpc) is 2.17. The number of amidine groups is 1. The van der Waals surface area contributed by atoms with Crippen molar-refractivity contribution in [2.75, 3.05) is 19.5 Å². The Labute approximate surface area is 98.5 Å². The summed E-state index contributed by atoms with van der Waals surface area (Å²) in [7, 11) is 1.67. The fourth-order valence-corrected chi connectivity index (χ4v) is 2.25. The van der Waals surface area contributed by atoms with Gasteiger partial charge in [-0.05, 0) is 18.2 Å². The van der Waals surface area contributed by atoms with E-state index in [-0.39, 0.29) is 5.84 Å². The van der Waals surface area contributed by atoms with Crippen molar-refractivity contribution in [3.8, 4) is 0 Å². The SMILES string of the molecule is COCCSc1ccc(C(=N)N)c(Cl)c1. The van der Waals surface area contributed by atoms with Gasteiger partial charge in [0, 0.05) is 23.3 Å². The van der Waals surface area contributed by atoms with E-state index in [0.717, 1.165) is 10.6 Å². The third-order valence-electron chi connectivity index (χ3n) is 1.79. The third-order valence-corrected chi connectivity index (χ3v) is 3.06. The number of hydrogen-bond acceptors (Lipinski definition) is 3. The molecule has 3 nitrogen and oxygen atoms in total. The second-order valence-corrected chi connectivity index (χ2v) is 4.47. The average molecular weight is 245 g/mol. The van der Waals surface area contributed by atoms with Gasteiger partial charge < -0.3 is 10.5 Å². The van der Waals surface area contributed by atoms with Crippen LogP contribution in [0.1, 0.15) is 5.56 Å². The van der Waals surface area contributed by atoms with Gasteiger partial charge in [-0.2, -0.15) is 0 Å². The van der Waals surface area contributed by atoms with Crippen LogP contribution < -0.4 is 5.73 Å². The highest BCUT2D eigenvalue weighted by molar-refractivity contribution is 7.99. The molecule has 0 unspecified atom stereocenters. The highest BCUT2D eigenvalue weighted by Gasteiger charge is 2.04. The largest absolute Gasteiger partial charge is 0.384 e. The quantitative estimate of drug-likeness (QED) is 0.362. The van der Waals surface area contributed by atoms with Crippen molar-refractivity contribution < 1.29 is 4.74 Å². The van der Waals surface area contributed by atoms with Crippen molar-refractivity contribution in [1.29, 1.82) is 5.41 Å². The number of nitrogens with two attached hydrogens (primary N) is 1. The second-order valence-electron chi connectivity index (χ2n) is 2.90. The van der Waals surface area contributed by atoms with E-state index < -0.39 is 0 Å². The topological polar surface area (TPSA) is 59.1 Å². The summed E-state index contributed by atoms with van der Waals surface area (Å²) in [5, 5.41) is 7.80. The molecule has 0 aromatic heterocycles. The van der Waals surface area contributed by atoms with Crippen LogP contribution in [0.5, 0.6) is 0 Å². The first-order valence-corrected chi connectivity index (χ1v) is 5.77. The molecule has 82 valence electrons. The number of nitrogens with one attached hydrogen (secondary N) is 1. The number of nitrogen functional groups attached to an aromatic ring is 1. The summed E-state index contributed by atoms with van der Waals surface area (Å²) in [6.07, 6.45) is 0. The number of thioether (sulfide) groups is 1. The summed E-state index contributed by atoms with van der Waals surface area (Å²) in [5.41, 5.74) is 5.93. The molecule has 0 radical (unpaired) electrons. The maximum atomic E-state index is 7.28. The molecule has 0 aliphatic rings. The van der Waals surface area contributed by atoms with E-state index in [0.29, 0.717) is 17.2 Å². The lowest BCUT2D eigenvalue weighted by molar-refractivity contribution is 0.218. The van der Waals surface area contributed by atoms with E-state index in [1.54, 1.807) is 24.9 Å². The Bertz CT molecular complexity index is 357. The minimum absolute atomic E-state index is 0.00607. The first kappa shape index (κ1) is 12.4. The fraction of sp³-hybridized carbons (Fsp3) is 0.300. The zero-order valence-electron chi connectivity index (χ0n) is 8.42. The molecule has 15 heavy (non-hydrogen) atoms. The van der Waals surface area contributed by atoms with Crippen LogP contribution in [0, 0.1) is 5.41 Å². The molecule has 1 aromatic carbocycles. The Balaban J connectivity index is 2.69. The summed E-state index contributed by atoms with van der Waals surface area (Å²) in [5.74, 6) is 0.875. The summed E-state index contributed by atoms with van der Waals surface area (Å²) < 4.78 is 4.95. The van der Waals surface area contributed by atoms with E-state index in [1.165, 1.54) is 0 Å². The molecule has 0 amide bonds. The van der Waals surface area contributed by atoms with Crippen LogP contribution in [0.15, 0.2) is 23.1 Å². The molecule has 0 saturated heterocycles. The minimum atomic E-state index is -0.00607. The maximum Gasteiger partial charge on any atom is 0.124 e. The molecule has 3 N–H and O–H groups in total. The molecule has 0 fully saturated rings. The lowest BCUT2D eigenvalue weighted by Gasteiger charge is -2.05. The Morgan fingerprint density at radius 3 is 2.87 bits per heavy atom. The van der Waals surface area contributed by atoms with Gasteiger partial charge >= 0.3 is 0 Å². The van der Waals surface area contributed by atoms with Crippen molar-refractivity contribution >= 4 is 29.2 Å². The van der Waals surface area contributed by atoms with Crippen LogP contribution in [0.25, 0.3) is 0 Å². The number of ether oxygens (including phenoxy) is 1. The number of rotatable bonds is 5. The molecular formula is C10H13ClN2OS. The second kappa shape index (κ2) is 6.00. The molecule has 1 rings (SSSR count). The van der Waals surface area contributed by atoms with Crippen molar-refractivity contribution in [1.82, 2.24) is 0 Å². The van der Waals surface area contributed by atoms with E-state index in [4.69, 9.17) is 27.5 Å². The van der Waals surface area contributed by atoms with Gasteiger partial charge in [-0.15, -0.1) is 11.8 Å². The van der Waals surface area contributed by atoms with E-state index in [1.807, 2.05) is 12.1 Å². The van der Waals surface area contributed by atoms with Crippen molar-refractivity contribution in [2.24, 2.45) is 5.73 Å². The maximum absolute atomic E-state index is 7.28. The standard InChI is InChI=1S/C10H13ClN2OS/c1-14-4-5-15-7-2-3-8(10(12)13)9(11)6-7/h2-3,6H,4-5H2,1H3,(H3,12,13). The molecule has 0 aliphatic heterocycles. The normalized spacial score (nSPS) is 10.3. The van der Waals surface area contributed by atoms with Crippen LogP contribution >= 0.6 is 23.4 Å². The zero-order chi connectivity index (χ0) is 11.3. The summed E-state index contributed by atoms with van der Waals surface area (Å²) in [6.45, 7) is 0.705. The highest BCUT2D eigenvalue weighted by atomic mass is 35.5. The number of benzene rings is 1. The van der Waals surface area contributed by atoms with Crippen LogP contribution in [-0.4, -0.2) is 25.3 Å². The summed E-state index contributed by atoms with van der Waals surface area (Å²) in [6, 6.07) is 5.49. The number of methoxy groups -OCH3 is 1. The molecule has 0 aliphatic carbocycles. The van der Waals surface area contributed by atoms with Crippen LogP contribution in [0.4, 0.5) is 0 Å². The van der Waals surface area contributed by atoms with Crippen LogP contribution in [-0.2, 0) is 4.74 Å². The monoisotopic (exact) mass is 244 g/mol. The van der Waals surface area contributed by atoms with E-state index >= 15 is 0 Å². The number of hydrogen-bond donors (Lipinski definition) is 2. The van der Waals surface area contributed by atoms with Gasteiger partial charge in [0.25, 0.3) is 0 Å². The fourth-order valence-electron chi connectivity index (χ4n) is 1.05. The van der Waals surface area contributed by atoms with Gasteiger partial charge in [0.15, 0.2) is 0 Å². The van der Waals surface area contributed by atoms with Gasteiger partial charge in [-0.1, -0.05) is 11.6 Å². The Hall–Kier alpha value is -0.710. The van der Waals surface area contributed by atoms with Gasteiger partial charge in [0.1, 0.15) is 5.84 Å². The van der Waals surface area contributed by atoms with Gasteiger partial charge in [0.05, 0.1) is 11.6 Å². The Morgan fingerprint density at radius 2 is 2.33 bits per heavy atom. The lowest BCUT2D eigenvalue weighted by Crippen LogP contribution is -2.11. The Morgan fingerprint density at radius 1 is 1.60 bits per heavy atom. The molecule has 0 bridgehead atoms. The first-order valence-electron chi connectivity index (χ1n) is 4.41. The zero-order valence-corrected chi connectivity index (χ0v) is 9.99. The Kier molecular flexibility index (Phi) is 4.94. The third kappa shape index (κ3) is 3.74. The molecule has 0 atom stereocenters. The van der Waals surface area contributed by atoms with Gasteiger partial charge in [-0.3, -0.25) is 5.41 Å². The van der Waals surface area contributed by atoms with Crippen molar-refractivity contribution in [2.45, 2.75) is 4.90 Å². The minimum Gasteiger partial charge on any atom is -0.384 e. The molecule has 0 saturated carbocycles. The summed E-state index contributed by atoms with van der Waals surface area (Å²) in [4.78, 5) is 1.06. The molecule has 1 aromatic rings. The predicted molar refractivity (Wildman–Crippen MR) is 65.1 cm³/mol. The van der Waals surface area contributed by atoms with Gasteiger partial charge in [0.2, 0.25) is 0 Å². The van der Waals surface area contributed by atoms with Crippen molar-refractivity contribution in [3.05, 3.63) is 28.8 Å². The predicted octanol–water partition coefficient (Wildman–Crippen LogP) is 2.36. The molecule has 5 heteroatoms. The van der Waals surface area contributed by atoms with Crippen LogP contribution in [0.3, 0.4) is 0 Å². The van der Waals surface area contributed by atoms with E-state index in [2.05, 4.69) is 0 Å². The highest BCUT2D eigenvalue weighted by Crippen LogP contribution is 2.24. The lowest BCUT2D eigenvalue weighted by atomic mass is 10.2. The molecule has 0 spiro atoms. The van der Waals surface area contributed by atoms with E-state index in [9.17, 15) is 0 Å². The van der Waals surface area contributed by atoms with Crippen LogP contribution in [0.2, 0.25) is 5.02 Å². The first-order chi connectivity index (χ1) is 7.15. The number of halogens is 1. The van der Waals surface area contributed by atoms with Crippen molar-refractivity contribution in [3.63, 3.8) is 0 Å². The molecule has 0 heterocycles. The molecular weight excluding hydrogens is 232 g/mol. The van der Waals surface area contributed by atoms with Gasteiger partial charge in [-0.25, -0.2) is 0 Å². The smallest absolute Gasteiger partial charge is 0.124 e. The summed E-state index contributed by atoms with van der Waals surface area (Å²) >= 11 is 7.63.